The molecule has 13 heavy (non-hydrogen) atoms. The number of rotatable bonds is 0. The van der Waals surface area contributed by atoms with Crippen LogP contribution in [0.25, 0.3) is 0 Å². The monoisotopic (exact) mass is 537 g/mol. The zero-order valence-electron chi connectivity index (χ0n) is 6.97. The molecular weight excluding hydrogens is 526 g/mol. The Morgan fingerprint density at radius 1 is 0.769 bits per heavy atom. The summed E-state index contributed by atoms with van der Waals surface area (Å²) in [5.41, 5.74) is 11.3. The maximum atomic E-state index is 5.65. The molecule has 1 rings (SSSR count). The maximum absolute atomic E-state index is 5.65. The quantitative estimate of drug-likeness (QED) is 0.321. The third-order valence-corrected chi connectivity index (χ3v) is 1.87. The van der Waals surface area contributed by atoms with Crippen molar-refractivity contribution in [3.05, 3.63) is 0 Å². The maximum Gasteiger partial charge on any atom is 4.00 e. The van der Waals surface area contributed by atoms with Crippen molar-refractivity contribution in [3.8, 4) is 0 Å². The summed E-state index contributed by atoms with van der Waals surface area (Å²) in [7, 11) is 0. The van der Waals surface area contributed by atoms with Crippen LogP contribution in [0, 0.1) is 0 Å². The van der Waals surface area contributed by atoms with Crippen LogP contribution in [-0.4, -0.2) is 12.1 Å². The van der Waals surface area contributed by atoms with Crippen molar-refractivity contribution in [1.82, 2.24) is 0 Å². The molecule has 4 N–H and O–H groups in total. The molecule has 86 valence electrons. The van der Waals surface area contributed by atoms with Crippen molar-refractivity contribution >= 4 is 0 Å². The molecule has 0 amide bonds. The van der Waals surface area contributed by atoms with Gasteiger partial charge in [-0.1, -0.05) is 12.8 Å². The van der Waals surface area contributed by atoms with Crippen molar-refractivity contribution in [2.45, 2.75) is 37.8 Å². The molecule has 1 fully saturated rings. The van der Waals surface area contributed by atoms with E-state index >= 15 is 0 Å². The Balaban J connectivity index is -0.0000000427. The Kier molecular flexibility index (Phi) is 37.5. The third kappa shape index (κ3) is 12.1. The summed E-state index contributed by atoms with van der Waals surface area (Å²) in [5, 5.41) is 0. The van der Waals surface area contributed by atoms with Gasteiger partial charge in [-0.05, 0) is 12.8 Å². The van der Waals surface area contributed by atoms with Gasteiger partial charge in [0.1, 0.15) is 0 Å². The van der Waals surface area contributed by atoms with Crippen LogP contribution in [0.2, 0.25) is 0 Å². The predicted molar refractivity (Wildman–Crippen MR) is 34.4 cm³/mol. The molecule has 2 unspecified atom stereocenters. The minimum Gasteiger partial charge on any atom is -1.00 e. The van der Waals surface area contributed by atoms with Gasteiger partial charge in [-0.15, -0.1) is 0 Å². The Hall–Kier alpha value is 2.15. The van der Waals surface area contributed by atoms with Crippen LogP contribution >= 0.6 is 0 Å². The van der Waals surface area contributed by atoms with E-state index in [1.54, 1.807) is 0 Å². The van der Waals surface area contributed by atoms with Gasteiger partial charge in [0.2, 0.25) is 0 Å². The first kappa shape index (κ1) is 29.4. The summed E-state index contributed by atoms with van der Waals surface area (Å²) >= 11 is 0. The summed E-state index contributed by atoms with van der Waals surface area (Å²) in [4.78, 5) is 0. The Bertz CT molecular complexity index is 83.0. The normalized spacial score (nSPS) is 24.5. The number of nitrogens with two attached hydrogens (primary N) is 2. The van der Waals surface area contributed by atoms with Crippen LogP contribution in [0.5, 0.6) is 0 Å². The van der Waals surface area contributed by atoms with Crippen LogP contribution in [0.3, 0.4) is 0 Å². The fourth-order valence-electron chi connectivity index (χ4n) is 1.19. The SMILES string of the molecule is NC1CCCCC1N.[Br-].[Br-].[Cl-].[Cl-].[Pt+4]. The molecular formula is C6H14Br2Cl2N2Pt. The first-order chi connectivity index (χ1) is 3.80. The third-order valence-electron chi connectivity index (χ3n) is 1.87. The molecule has 7 heteroatoms. The van der Waals surface area contributed by atoms with Crippen molar-refractivity contribution in [3.63, 3.8) is 0 Å². The first-order valence-electron chi connectivity index (χ1n) is 3.32. The molecule has 0 bridgehead atoms. The second-order valence-electron chi connectivity index (χ2n) is 2.61. The Labute approximate surface area is 128 Å². The standard InChI is InChI=1S/C6H14N2.2BrH.2ClH.Pt/c7-5-3-1-2-4-6(5)8;;;;;/h5-6H,1-4,7-8H2;4*1H;/q;;;;;+4/p-4. The van der Waals surface area contributed by atoms with Crippen LogP contribution in [-0.2, 0) is 21.1 Å². The van der Waals surface area contributed by atoms with Gasteiger partial charge >= 0.3 is 21.1 Å². The van der Waals surface area contributed by atoms with E-state index in [-0.39, 0.29) is 91.9 Å². The van der Waals surface area contributed by atoms with E-state index in [1.165, 1.54) is 12.8 Å². The number of hydrogen-bond donors (Lipinski definition) is 2. The van der Waals surface area contributed by atoms with Gasteiger partial charge in [-0.25, -0.2) is 0 Å². The average Bonchev–Trinajstić information content (AvgIpc) is 1.77. The van der Waals surface area contributed by atoms with E-state index in [2.05, 4.69) is 0 Å². The van der Waals surface area contributed by atoms with E-state index in [0.717, 1.165) is 12.8 Å². The molecule has 0 aliphatic heterocycles. The van der Waals surface area contributed by atoms with Gasteiger partial charge in [0, 0.05) is 12.1 Å². The van der Waals surface area contributed by atoms with Crippen LogP contribution in [0.1, 0.15) is 25.7 Å². The molecule has 1 aliphatic carbocycles. The van der Waals surface area contributed by atoms with Gasteiger partial charge in [-0.2, -0.15) is 0 Å². The van der Waals surface area contributed by atoms with E-state index in [4.69, 9.17) is 11.5 Å². The molecule has 1 saturated carbocycles. The molecule has 0 radical (unpaired) electrons. The van der Waals surface area contributed by atoms with Crippen LogP contribution in [0.4, 0.5) is 0 Å². The van der Waals surface area contributed by atoms with Gasteiger partial charge in [0.25, 0.3) is 0 Å². The minimum atomic E-state index is 0. The second-order valence-corrected chi connectivity index (χ2v) is 2.61. The van der Waals surface area contributed by atoms with Gasteiger partial charge in [-0.3, -0.25) is 0 Å². The van der Waals surface area contributed by atoms with Crippen molar-refractivity contribution < 1.29 is 79.8 Å². The summed E-state index contributed by atoms with van der Waals surface area (Å²) in [6.45, 7) is 0. The first-order valence-corrected chi connectivity index (χ1v) is 3.32. The summed E-state index contributed by atoms with van der Waals surface area (Å²) in [5.74, 6) is 0. The average molecular weight is 540 g/mol. The van der Waals surface area contributed by atoms with Crippen LogP contribution in [0.15, 0.2) is 0 Å². The Morgan fingerprint density at radius 3 is 1.15 bits per heavy atom. The topological polar surface area (TPSA) is 52.0 Å². The Morgan fingerprint density at radius 2 is 1.00 bits per heavy atom. The van der Waals surface area contributed by atoms with Crippen molar-refractivity contribution in [2.75, 3.05) is 0 Å². The molecule has 2 nitrogen and oxygen atoms in total. The molecule has 0 aromatic rings. The summed E-state index contributed by atoms with van der Waals surface area (Å²) in [6.07, 6.45) is 4.80. The summed E-state index contributed by atoms with van der Waals surface area (Å²) < 4.78 is 0. The molecule has 2 atom stereocenters. The van der Waals surface area contributed by atoms with E-state index < -0.39 is 0 Å². The number of hydrogen-bond acceptors (Lipinski definition) is 2. The van der Waals surface area contributed by atoms with Crippen molar-refractivity contribution in [1.29, 1.82) is 0 Å². The molecule has 0 heterocycles. The van der Waals surface area contributed by atoms with E-state index in [1.807, 2.05) is 0 Å². The van der Waals surface area contributed by atoms with E-state index in [9.17, 15) is 0 Å². The zero-order chi connectivity index (χ0) is 5.98. The fraction of sp³-hybridized carbons (Fsp3) is 1.00. The van der Waals surface area contributed by atoms with Crippen molar-refractivity contribution in [2.24, 2.45) is 11.5 Å². The minimum absolute atomic E-state index is 0. The largest absolute Gasteiger partial charge is 4.00 e. The summed E-state index contributed by atoms with van der Waals surface area (Å²) in [6, 6.07) is 0.562. The van der Waals surface area contributed by atoms with Gasteiger partial charge in [0.05, 0.1) is 0 Å². The molecule has 1 aliphatic rings. The molecule has 0 saturated heterocycles. The number of halogens is 4. The smallest absolute Gasteiger partial charge is 1.00 e. The van der Waals surface area contributed by atoms with Crippen LogP contribution < -0.4 is 70.2 Å². The molecule has 0 spiro atoms. The fourth-order valence-corrected chi connectivity index (χ4v) is 1.19. The molecule has 0 aromatic heterocycles. The second kappa shape index (κ2) is 16.6. The van der Waals surface area contributed by atoms with Gasteiger partial charge in [0.15, 0.2) is 0 Å². The molecule has 0 aromatic carbocycles. The van der Waals surface area contributed by atoms with E-state index in [0.29, 0.717) is 0 Å². The predicted octanol–water partition coefficient (Wildman–Crippen LogP) is -11.8. The van der Waals surface area contributed by atoms with Gasteiger partial charge < -0.3 is 70.2 Å². The zero-order valence-corrected chi connectivity index (χ0v) is 13.9.